The SMILES string of the molecule is C#CCN1C(=O)S/C(=C\c2ccc(OCc3ccc(C(=O)O)cc3)cc2)C1=O. The second-order valence-electron chi connectivity index (χ2n) is 5.83. The van der Waals surface area contributed by atoms with E-state index < -0.39 is 11.9 Å². The van der Waals surface area contributed by atoms with Gasteiger partial charge in [0.2, 0.25) is 0 Å². The molecule has 0 atom stereocenters. The number of carbonyl (C=O) groups excluding carboxylic acids is 2. The van der Waals surface area contributed by atoms with Crippen LogP contribution in [-0.2, 0) is 11.4 Å². The predicted molar refractivity (Wildman–Crippen MR) is 106 cm³/mol. The molecular weight excluding hydrogens is 378 g/mol. The Kier molecular flexibility index (Phi) is 5.82. The molecule has 3 rings (SSSR count). The van der Waals surface area contributed by atoms with E-state index >= 15 is 0 Å². The minimum atomic E-state index is -0.972. The van der Waals surface area contributed by atoms with Crippen molar-refractivity contribution in [2.45, 2.75) is 6.61 Å². The lowest BCUT2D eigenvalue weighted by molar-refractivity contribution is -0.122. The molecule has 2 amide bonds. The van der Waals surface area contributed by atoms with Crippen LogP contribution in [0.3, 0.4) is 0 Å². The molecule has 1 aliphatic rings. The highest BCUT2D eigenvalue weighted by molar-refractivity contribution is 8.18. The van der Waals surface area contributed by atoms with Gasteiger partial charge in [0.1, 0.15) is 12.4 Å². The Morgan fingerprint density at radius 1 is 1.14 bits per heavy atom. The Bertz CT molecular complexity index is 987. The van der Waals surface area contributed by atoms with Crippen LogP contribution >= 0.6 is 11.8 Å². The fourth-order valence-electron chi connectivity index (χ4n) is 2.45. The Morgan fingerprint density at radius 2 is 1.82 bits per heavy atom. The summed E-state index contributed by atoms with van der Waals surface area (Å²) in [6.07, 6.45) is 6.81. The topological polar surface area (TPSA) is 83.9 Å². The minimum absolute atomic E-state index is 0.0395. The molecule has 1 saturated heterocycles. The predicted octanol–water partition coefficient (Wildman–Crippen LogP) is 3.63. The first-order chi connectivity index (χ1) is 13.5. The molecule has 6 nitrogen and oxygen atoms in total. The van der Waals surface area contributed by atoms with Gasteiger partial charge in [-0.3, -0.25) is 14.5 Å². The number of thioether (sulfide) groups is 1. The lowest BCUT2D eigenvalue weighted by atomic mass is 10.1. The van der Waals surface area contributed by atoms with E-state index in [2.05, 4.69) is 5.92 Å². The Balaban J connectivity index is 1.62. The normalized spacial score (nSPS) is 15.0. The highest BCUT2D eigenvalue weighted by Gasteiger charge is 2.34. The van der Waals surface area contributed by atoms with Crippen molar-refractivity contribution in [1.82, 2.24) is 4.90 Å². The molecule has 0 saturated carbocycles. The van der Waals surface area contributed by atoms with Crippen molar-refractivity contribution in [3.63, 3.8) is 0 Å². The van der Waals surface area contributed by atoms with Crippen molar-refractivity contribution in [2.75, 3.05) is 6.54 Å². The summed E-state index contributed by atoms with van der Waals surface area (Å²) in [6.45, 7) is 0.256. The van der Waals surface area contributed by atoms with Gasteiger partial charge in [-0.1, -0.05) is 30.2 Å². The van der Waals surface area contributed by atoms with Gasteiger partial charge >= 0.3 is 5.97 Å². The van der Waals surface area contributed by atoms with Gasteiger partial charge in [-0.25, -0.2) is 4.79 Å². The molecule has 0 aliphatic carbocycles. The van der Waals surface area contributed by atoms with E-state index in [9.17, 15) is 14.4 Å². The zero-order chi connectivity index (χ0) is 20.1. The number of nitrogens with zero attached hydrogens (tertiary/aromatic N) is 1. The molecule has 0 radical (unpaired) electrons. The first-order valence-electron chi connectivity index (χ1n) is 8.22. The molecule has 1 aliphatic heterocycles. The molecule has 0 unspecified atom stereocenters. The minimum Gasteiger partial charge on any atom is -0.489 e. The second kappa shape index (κ2) is 8.46. The lowest BCUT2D eigenvalue weighted by Crippen LogP contribution is -2.28. The maximum Gasteiger partial charge on any atom is 0.335 e. The van der Waals surface area contributed by atoms with Crippen molar-refractivity contribution in [1.29, 1.82) is 0 Å². The molecular formula is C21H15NO5S. The van der Waals surface area contributed by atoms with Crippen LogP contribution in [0.2, 0.25) is 0 Å². The van der Waals surface area contributed by atoms with Gasteiger partial charge in [0.25, 0.3) is 11.1 Å². The van der Waals surface area contributed by atoms with E-state index in [4.69, 9.17) is 16.3 Å². The third-order valence-electron chi connectivity index (χ3n) is 3.91. The van der Waals surface area contributed by atoms with Crippen molar-refractivity contribution >= 4 is 35.0 Å². The number of carboxylic acids is 1. The number of aromatic carboxylic acids is 1. The van der Waals surface area contributed by atoms with Crippen LogP contribution in [0, 0.1) is 12.3 Å². The van der Waals surface area contributed by atoms with Crippen LogP contribution in [0.25, 0.3) is 6.08 Å². The number of amides is 2. The van der Waals surface area contributed by atoms with Gasteiger partial charge in [0.15, 0.2) is 0 Å². The molecule has 1 fully saturated rings. The van der Waals surface area contributed by atoms with Gasteiger partial charge in [-0.05, 0) is 53.2 Å². The van der Waals surface area contributed by atoms with Crippen LogP contribution < -0.4 is 4.74 Å². The summed E-state index contributed by atoms with van der Waals surface area (Å²) in [5.74, 6) is 1.56. The molecule has 140 valence electrons. The van der Waals surface area contributed by atoms with Crippen molar-refractivity contribution < 1.29 is 24.2 Å². The quantitative estimate of drug-likeness (QED) is 0.596. The zero-order valence-corrected chi connectivity index (χ0v) is 15.4. The number of hydrogen-bond acceptors (Lipinski definition) is 5. The summed E-state index contributed by atoms with van der Waals surface area (Å²) >= 11 is 0.861. The molecule has 2 aromatic carbocycles. The molecule has 1 N–H and O–H groups in total. The van der Waals surface area contributed by atoms with Gasteiger partial charge < -0.3 is 9.84 Å². The maximum absolute atomic E-state index is 12.2. The number of carbonyl (C=O) groups is 3. The summed E-state index contributed by atoms with van der Waals surface area (Å²) in [4.78, 5) is 36.2. The number of benzene rings is 2. The Labute approximate surface area is 165 Å². The fourth-order valence-corrected chi connectivity index (χ4v) is 3.29. The molecule has 1 heterocycles. The highest BCUT2D eigenvalue weighted by Crippen LogP contribution is 2.32. The summed E-state index contributed by atoms with van der Waals surface area (Å²) in [6, 6.07) is 13.5. The first-order valence-corrected chi connectivity index (χ1v) is 9.03. The number of terminal acetylenes is 1. The zero-order valence-electron chi connectivity index (χ0n) is 14.6. The second-order valence-corrected chi connectivity index (χ2v) is 6.82. The number of carboxylic acid groups (broad SMARTS) is 1. The number of hydrogen-bond donors (Lipinski definition) is 1. The largest absolute Gasteiger partial charge is 0.489 e. The molecule has 0 bridgehead atoms. The van der Waals surface area contributed by atoms with Gasteiger partial charge in [-0.15, -0.1) is 6.42 Å². The van der Waals surface area contributed by atoms with Crippen molar-refractivity contribution in [2.24, 2.45) is 0 Å². The van der Waals surface area contributed by atoms with Crippen LogP contribution in [0.5, 0.6) is 5.75 Å². The van der Waals surface area contributed by atoms with E-state index in [1.54, 1.807) is 42.5 Å². The van der Waals surface area contributed by atoms with E-state index in [0.717, 1.165) is 27.8 Å². The van der Waals surface area contributed by atoms with Crippen LogP contribution in [0.15, 0.2) is 53.4 Å². The third kappa shape index (κ3) is 4.42. The number of ether oxygens (including phenoxy) is 1. The van der Waals surface area contributed by atoms with Crippen LogP contribution in [-0.4, -0.2) is 33.7 Å². The molecule has 7 heteroatoms. The average molecular weight is 393 g/mol. The van der Waals surface area contributed by atoms with E-state index in [0.29, 0.717) is 17.3 Å². The highest BCUT2D eigenvalue weighted by atomic mass is 32.2. The average Bonchev–Trinajstić information content (AvgIpc) is 2.95. The molecule has 28 heavy (non-hydrogen) atoms. The number of imide groups is 1. The van der Waals surface area contributed by atoms with Crippen molar-refractivity contribution in [3.8, 4) is 18.1 Å². The van der Waals surface area contributed by atoms with Crippen LogP contribution in [0.1, 0.15) is 21.5 Å². The van der Waals surface area contributed by atoms with E-state index in [1.165, 1.54) is 12.1 Å². The fraction of sp³-hybridized carbons (Fsp3) is 0.0952. The Morgan fingerprint density at radius 3 is 2.43 bits per heavy atom. The summed E-state index contributed by atoms with van der Waals surface area (Å²) in [7, 11) is 0. The summed E-state index contributed by atoms with van der Waals surface area (Å²) in [5, 5.41) is 8.52. The van der Waals surface area contributed by atoms with Gasteiger partial charge in [0, 0.05) is 0 Å². The first kappa shape index (κ1) is 19.3. The molecule has 0 spiro atoms. The van der Waals surface area contributed by atoms with E-state index in [-0.39, 0.29) is 17.3 Å². The van der Waals surface area contributed by atoms with Crippen LogP contribution in [0.4, 0.5) is 4.79 Å². The third-order valence-corrected chi connectivity index (χ3v) is 4.81. The molecule has 0 aromatic heterocycles. The van der Waals surface area contributed by atoms with Gasteiger partial charge in [0.05, 0.1) is 17.0 Å². The summed E-state index contributed by atoms with van der Waals surface area (Å²) < 4.78 is 5.68. The molecule has 2 aromatic rings. The smallest absolute Gasteiger partial charge is 0.335 e. The maximum atomic E-state index is 12.2. The monoisotopic (exact) mass is 393 g/mol. The summed E-state index contributed by atoms with van der Waals surface area (Å²) in [5.41, 5.74) is 1.82. The van der Waals surface area contributed by atoms with E-state index in [1.807, 2.05) is 0 Å². The standard InChI is InChI=1S/C21H15NO5S/c1-2-11-22-19(23)18(28-21(22)26)12-14-5-9-17(10-6-14)27-13-15-3-7-16(8-4-15)20(24)25/h1,3-10,12H,11,13H2,(H,24,25)/b18-12-. The van der Waals surface area contributed by atoms with Gasteiger partial charge in [-0.2, -0.15) is 0 Å². The number of rotatable bonds is 6. The Hall–Kier alpha value is -3.50. The van der Waals surface area contributed by atoms with Crippen molar-refractivity contribution in [3.05, 3.63) is 70.1 Å². The lowest BCUT2D eigenvalue weighted by Gasteiger charge is -2.07.